The minimum Gasteiger partial charge on any atom is -0.480 e. The summed E-state index contributed by atoms with van der Waals surface area (Å²) < 4.78 is 0. The van der Waals surface area contributed by atoms with Crippen molar-refractivity contribution in [3.63, 3.8) is 0 Å². The van der Waals surface area contributed by atoms with Crippen LogP contribution in [-0.2, 0) is 4.79 Å². The second kappa shape index (κ2) is 5.71. The molecular weight excluding hydrogens is 288 g/mol. The molecule has 5 nitrogen and oxygen atoms in total. The number of nitrogens with zero attached hydrogens (tertiary/aromatic N) is 1. The van der Waals surface area contributed by atoms with Gasteiger partial charge in [-0.25, -0.2) is 9.59 Å². The second-order valence-electron chi connectivity index (χ2n) is 6.96. The van der Waals surface area contributed by atoms with Crippen LogP contribution in [0.15, 0.2) is 0 Å². The Hall–Kier alpha value is -0.910. The number of aliphatic carboxylic acids is 1. The summed E-state index contributed by atoms with van der Waals surface area (Å²) in [5.74, 6) is 1.22. The second-order valence-corrected chi connectivity index (χ2v) is 8.11. The molecule has 118 valence electrons. The largest absolute Gasteiger partial charge is 0.480 e. The number of hydrogen-bond acceptors (Lipinski definition) is 3. The summed E-state index contributed by atoms with van der Waals surface area (Å²) >= 11 is 1.58. The maximum Gasteiger partial charge on any atom is 0.327 e. The molecule has 2 aliphatic carbocycles. The molecule has 6 heteroatoms. The lowest BCUT2D eigenvalue weighted by molar-refractivity contribution is -0.141. The monoisotopic (exact) mass is 312 g/mol. The van der Waals surface area contributed by atoms with Crippen molar-refractivity contribution < 1.29 is 14.7 Å². The Morgan fingerprint density at radius 1 is 1.29 bits per heavy atom. The number of carbonyl (C=O) groups is 2. The highest BCUT2D eigenvalue weighted by Gasteiger charge is 2.45. The fourth-order valence-corrected chi connectivity index (χ4v) is 5.61. The van der Waals surface area contributed by atoms with Crippen molar-refractivity contribution in [2.75, 3.05) is 5.75 Å². The maximum absolute atomic E-state index is 12.6. The predicted molar refractivity (Wildman–Crippen MR) is 82.1 cm³/mol. The summed E-state index contributed by atoms with van der Waals surface area (Å²) in [5, 5.41) is 12.5. The van der Waals surface area contributed by atoms with E-state index in [-0.39, 0.29) is 23.4 Å². The van der Waals surface area contributed by atoms with Gasteiger partial charge in [-0.15, -0.1) is 11.8 Å². The van der Waals surface area contributed by atoms with Gasteiger partial charge in [-0.3, -0.25) is 4.90 Å². The number of carboxylic acids is 1. The van der Waals surface area contributed by atoms with Crippen LogP contribution in [0.5, 0.6) is 0 Å². The van der Waals surface area contributed by atoms with E-state index in [1.807, 2.05) is 13.8 Å². The van der Waals surface area contributed by atoms with Gasteiger partial charge in [0.25, 0.3) is 0 Å². The van der Waals surface area contributed by atoms with Gasteiger partial charge in [0.2, 0.25) is 0 Å². The van der Waals surface area contributed by atoms with Gasteiger partial charge in [0, 0.05) is 11.8 Å². The number of fused-ring (bicyclic) bond motifs is 2. The standard InChI is InChI=1S/C15H24N2O3S/c1-8(2)13-17(12(7-21-13)14(18)19)15(20)16-11-6-9-3-4-10(11)5-9/h8-13H,3-7H2,1-2H3,(H,16,20)(H,18,19). The highest BCUT2D eigenvalue weighted by atomic mass is 32.2. The Morgan fingerprint density at radius 3 is 2.57 bits per heavy atom. The summed E-state index contributed by atoms with van der Waals surface area (Å²) in [4.78, 5) is 25.6. The molecule has 3 aliphatic rings. The number of urea groups is 1. The molecular formula is C15H24N2O3S. The van der Waals surface area contributed by atoms with E-state index in [0.29, 0.717) is 11.7 Å². The number of hydrogen-bond donors (Lipinski definition) is 2. The highest BCUT2D eigenvalue weighted by Crippen LogP contribution is 2.44. The average molecular weight is 312 g/mol. The van der Waals surface area contributed by atoms with Crippen LogP contribution in [0.2, 0.25) is 0 Å². The topological polar surface area (TPSA) is 69.6 Å². The summed E-state index contributed by atoms with van der Waals surface area (Å²) in [6.45, 7) is 4.08. The van der Waals surface area contributed by atoms with E-state index >= 15 is 0 Å². The molecule has 2 saturated carbocycles. The molecule has 1 aliphatic heterocycles. The van der Waals surface area contributed by atoms with E-state index in [1.165, 1.54) is 19.3 Å². The van der Waals surface area contributed by atoms with Gasteiger partial charge in [0.1, 0.15) is 6.04 Å². The lowest BCUT2D eigenvalue weighted by atomic mass is 9.95. The number of nitrogens with one attached hydrogen (secondary N) is 1. The van der Waals surface area contributed by atoms with Crippen LogP contribution in [0.1, 0.15) is 39.5 Å². The first kappa shape index (κ1) is 15.0. The summed E-state index contributed by atoms with van der Waals surface area (Å²) in [5.41, 5.74) is 0. The minimum absolute atomic E-state index is 0.0373. The van der Waals surface area contributed by atoms with E-state index in [9.17, 15) is 14.7 Å². The highest BCUT2D eigenvalue weighted by molar-refractivity contribution is 8.00. The predicted octanol–water partition coefficient (Wildman–Crippen LogP) is 2.37. The average Bonchev–Trinajstić information content (AvgIpc) is 3.12. The van der Waals surface area contributed by atoms with E-state index in [1.54, 1.807) is 16.7 Å². The van der Waals surface area contributed by atoms with Crippen LogP contribution in [-0.4, -0.2) is 45.2 Å². The molecule has 0 spiro atoms. The van der Waals surface area contributed by atoms with E-state index < -0.39 is 12.0 Å². The van der Waals surface area contributed by atoms with Crippen molar-refractivity contribution >= 4 is 23.8 Å². The van der Waals surface area contributed by atoms with Crippen molar-refractivity contribution in [3.05, 3.63) is 0 Å². The van der Waals surface area contributed by atoms with Crippen LogP contribution in [0.4, 0.5) is 4.79 Å². The van der Waals surface area contributed by atoms with Crippen molar-refractivity contribution in [3.8, 4) is 0 Å². The molecule has 0 radical (unpaired) electrons. The summed E-state index contributed by atoms with van der Waals surface area (Å²) in [6.07, 6.45) is 4.81. The van der Waals surface area contributed by atoms with Crippen LogP contribution >= 0.6 is 11.8 Å². The van der Waals surface area contributed by atoms with E-state index in [4.69, 9.17) is 0 Å². The quantitative estimate of drug-likeness (QED) is 0.839. The maximum atomic E-state index is 12.6. The van der Waals surface area contributed by atoms with E-state index in [2.05, 4.69) is 5.32 Å². The third-order valence-electron chi connectivity index (χ3n) is 5.17. The zero-order chi connectivity index (χ0) is 15.1. The first-order valence-electron chi connectivity index (χ1n) is 7.90. The number of carbonyl (C=O) groups excluding carboxylic acids is 1. The SMILES string of the molecule is CC(C)C1SCC(C(=O)O)N1C(=O)NC1CC2CCC1C2. The van der Waals surface area contributed by atoms with Crippen LogP contribution in [0.25, 0.3) is 0 Å². The van der Waals surface area contributed by atoms with Crippen molar-refractivity contribution in [1.29, 1.82) is 0 Å². The number of amides is 2. The van der Waals surface area contributed by atoms with Crippen molar-refractivity contribution in [2.45, 2.75) is 57.0 Å². The molecule has 2 N–H and O–H groups in total. The molecule has 1 heterocycles. The van der Waals surface area contributed by atoms with Gasteiger partial charge >= 0.3 is 12.0 Å². The van der Waals surface area contributed by atoms with Crippen molar-refractivity contribution in [1.82, 2.24) is 10.2 Å². The number of carboxylic acid groups (broad SMARTS) is 1. The van der Waals surface area contributed by atoms with Gasteiger partial charge in [0.15, 0.2) is 0 Å². The molecule has 0 aromatic heterocycles. The third-order valence-corrected chi connectivity index (χ3v) is 6.79. The molecule has 1 saturated heterocycles. The molecule has 3 rings (SSSR count). The minimum atomic E-state index is -0.895. The smallest absolute Gasteiger partial charge is 0.327 e. The summed E-state index contributed by atoms with van der Waals surface area (Å²) in [7, 11) is 0. The van der Waals surface area contributed by atoms with E-state index in [0.717, 1.165) is 12.3 Å². The normalized spacial score (nSPS) is 38.2. The fraction of sp³-hybridized carbons (Fsp3) is 0.867. The fourth-order valence-electron chi connectivity index (χ4n) is 4.14. The Kier molecular flexibility index (Phi) is 4.08. The molecule has 2 bridgehead atoms. The molecule has 3 fully saturated rings. The third kappa shape index (κ3) is 2.74. The summed E-state index contributed by atoms with van der Waals surface area (Å²) in [6, 6.07) is -0.617. The van der Waals surface area contributed by atoms with Gasteiger partial charge in [-0.1, -0.05) is 20.3 Å². The van der Waals surface area contributed by atoms with Crippen molar-refractivity contribution in [2.24, 2.45) is 17.8 Å². The lowest BCUT2D eigenvalue weighted by Gasteiger charge is -2.32. The van der Waals surface area contributed by atoms with Gasteiger partial charge in [-0.2, -0.15) is 0 Å². The number of rotatable bonds is 3. The molecule has 2 amide bonds. The Labute approximate surface area is 129 Å². The molecule has 0 aromatic carbocycles. The van der Waals surface area contributed by atoms with Gasteiger partial charge in [-0.05, 0) is 37.0 Å². The first-order chi connectivity index (χ1) is 9.97. The Morgan fingerprint density at radius 2 is 2.05 bits per heavy atom. The van der Waals surface area contributed by atoms with Gasteiger partial charge < -0.3 is 10.4 Å². The zero-order valence-corrected chi connectivity index (χ0v) is 13.4. The van der Waals surface area contributed by atoms with Crippen LogP contribution in [0.3, 0.4) is 0 Å². The molecule has 5 atom stereocenters. The van der Waals surface area contributed by atoms with Crippen LogP contribution < -0.4 is 5.32 Å². The zero-order valence-electron chi connectivity index (χ0n) is 12.6. The molecule has 0 aromatic rings. The number of thioether (sulfide) groups is 1. The van der Waals surface area contributed by atoms with Crippen LogP contribution in [0, 0.1) is 17.8 Å². The lowest BCUT2D eigenvalue weighted by Crippen LogP contribution is -2.54. The first-order valence-corrected chi connectivity index (χ1v) is 8.95. The molecule has 21 heavy (non-hydrogen) atoms. The molecule has 5 unspecified atom stereocenters. The Bertz CT molecular complexity index is 443. The van der Waals surface area contributed by atoms with Gasteiger partial charge in [0.05, 0.1) is 5.37 Å². The Balaban J connectivity index is 1.69.